The van der Waals surface area contributed by atoms with Crippen LogP contribution in [-0.4, -0.2) is 31.4 Å². The average molecular weight is 527 g/mol. The van der Waals surface area contributed by atoms with Crippen molar-refractivity contribution in [1.82, 2.24) is 14.8 Å². The Morgan fingerprint density at radius 3 is 2.58 bits per heavy atom. The maximum absolute atomic E-state index is 13.6. The van der Waals surface area contributed by atoms with E-state index in [4.69, 9.17) is 5.73 Å². The highest BCUT2D eigenvalue weighted by Crippen LogP contribution is 2.66. The van der Waals surface area contributed by atoms with Gasteiger partial charge in [0, 0.05) is 11.6 Å². The zero-order valence-corrected chi connectivity index (χ0v) is 20.4. The predicted molar refractivity (Wildman–Crippen MR) is 131 cm³/mol. The molecule has 38 heavy (non-hydrogen) atoms. The molecule has 3 aromatic rings. The predicted octanol–water partition coefficient (Wildman–Crippen LogP) is 5.02. The highest BCUT2D eigenvalue weighted by Gasteiger charge is 2.63. The summed E-state index contributed by atoms with van der Waals surface area (Å²) in [6.07, 6.45) is 3.81. The van der Waals surface area contributed by atoms with Gasteiger partial charge in [-0.1, -0.05) is 5.57 Å². The third kappa shape index (κ3) is 3.76. The van der Waals surface area contributed by atoms with Gasteiger partial charge in [0.05, 0.1) is 40.0 Å². The third-order valence-electron chi connectivity index (χ3n) is 8.58. The molecular weight excluding hydrogens is 500 g/mol. The first-order chi connectivity index (χ1) is 18.0. The molecule has 6 rings (SSSR count). The van der Waals surface area contributed by atoms with Gasteiger partial charge in [0.2, 0.25) is 0 Å². The van der Waals surface area contributed by atoms with Gasteiger partial charge in [0.1, 0.15) is 5.82 Å². The van der Waals surface area contributed by atoms with E-state index in [0.29, 0.717) is 19.3 Å². The summed E-state index contributed by atoms with van der Waals surface area (Å²) in [5.41, 5.74) is 5.48. The Hall–Kier alpha value is -3.53. The summed E-state index contributed by atoms with van der Waals surface area (Å²) in [6.45, 7) is 0. The smallest absolute Gasteiger partial charge is 0.389 e. The van der Waals surface area contributed by atoms with E-state index in [-0.39, 0.29) is 30.3 Å². The number of benzene rings is 1. The Morgan fingerprint density at radius 1 is 1.18 bits per heavy atom. The number of aliphatic hydroxyl groups is 1. The van der Waals surface area contributed by atoms with E-state index in [1.165, 1.54) is 12.1 Å². The quantitative estimate of drug-likeness (QED) is 0.441. The summed E-state index contributed by atoms with van der Waals surface area (Å²) in [6, 6.07) is 6.83. The second-order valence-electron chi connectivity index (χ2n) is 10.6. The molecule has 3 aliphatic carbocycles. The standard InChI is InChI=1S/C28H26F4N4O2/c29-19-3-5-20(6-4-19)36-23-13-18-7-10-26(38,27(18,17-1-2-17)14-16(23)15-35-36)11-8-22-24(25(33)37)21(9-12-34-22)28(30,31)32/h3-6,9,12-13,15,17,38H,1-2,7-8,10-11,14H2,(H2,33,37)/t26-,27-/m1/s1. The van der Waals surface area contributed by atoms with Crippen LogP contribution in [0.5, 0.6) is 0 Å². The van der Waals surface area contributed by atoms with Gasteiger partial charge in [-0.05, 0) is 92.8 Å². The summed E-state index contributed by atoms with van der Waals surface area (Å²) in [5.74, 6) is -1.28. The summed E-state index contributed by atoms with van der Waals surface area (Å²) in [4.78, 5) is 16.1. The number of aromatic nitrogens is 3. The van der Waals surface area contributed by atoms with Gasteiger partial charge in [0.15, 0.2) is 0 Å². The first-order valence-electron chi connectivity index (χ1n) is 12.6. The molecule has 10 heteroatoms. The van der Waals surface area contributed by atoms with Crippen molar-refractivity contribution in [2.75, 3.05) is 0 Å². The van der Waals surface area contributed by atoms with Crippen molar-refractivity contribution in [2.45, 2.75) is 56.7 Å². The molecule has 1 aromatic carbocycles. The number of amides is 1. The number of hydrogen-bond acceptors (Lipinski definition) is 4. The molecule has 0 radical (unpaired) electrons. The highest BCUT2D eigenvalue weighted by molar-refractivity contribution is 5.95. The van der Waals surface area contributed by atoms with E-state index in [0.717, 1.165) is 47.6 Å². The molecule has 198 valence electrons. The number of carbonyl (C=O) groups is 1. The maximum atomic E-state index is 13.6. The van der Waals surface area contributed by atoms with Crippen molar-refractivity contribution in [3.63, 3.8) is 0 Å². The first-order valence-corrected chi connectivity index (χ1v) is 12.6. The fourth-order valence-electron chi connectivity index (χ4n) is 6.74. The molecular formula is C28H26F4N4O2. The van der Waals surface area contributed by atoms with E-state index in [1.807, 2.05) is 0 Å². The lowest BCUT2D eigenvalue weighted by molar-refractivity contribution is -0.138. The number of pyridine rings is 1. The van der Waals surface area contributed by atoms with Gasteiger partial charge in [0.25, 0.3) is 5.91 Å². The van der Waals surface area contributed by atoms with Crippen molar-refractivity contribution in [3.8, 4) is 5.69 Å². The zero-order chi connectivity index (χ0) is 26.9. The Labute approximate surface area is 216 Å². The number of nitrogens with two attached hydrogens (primary N) is 1. The normalized spacial score (nSPS) is 24.6. The first kappa shape index (κ1) is 24.8. The van der Waals surface area contributed by atoms with E-state index in [1.54, 1.807) is 23.0 Å². The van der Waals surface area contributed by atoms with Crippen LogP contribution in [0.3, 0.4) is 0 Å². The lowest BCUT2D eigenvalue weighted by Crippen LogP contribution is -2.49. The topological polar surface area (TPSA) is 94.0 Å². The Morgan fingerprint density at radius 2 is 1.92 bits per heavy atom. The van der Waals surface area contributed by atoms with Crippen LogP contribution in [0.2, 0.25) is 0 Å². The molecule has 6 nitrogen and oxygen atoms in total. The number of fused-ring (bicyclic) bond motifs is 2. The molecule has 2 saturated carbocycles. The molecule has 2 atom stereocenters. The highest BCUT2D eigenvalue weighted by atomic mass is 19.4. The molecule has 3 aliphatic rings. The van der Waals surface area contributed by atoms with Crippen LogP contribution in [-0.2, 0) is 19.0 Å². The van der Waals surface area contributed by atoms with Crippen LogP contribution in [0, 0.1) is 17.2 Å². The van der Waals surface area contributed by atoms with E-state index in [2.05, 4.69) is 16.2 Å². The van der Waals surface area contributed by atoms with Gasteiger partial charge in [-0.25, -0.2) is 9.07 Å². The lowest BCUT2D eigenvalue weighted by Gasteiger charge is -2.46. The number of hydrogen-bond donors (Lipinski definition) is 2. The summed E-state index contributed by atoms with van der Waals surface area (Å²) < 4.78 is 55.9. The van der Waals surface area contributed by atoms with Gasteiger partial charge < -0.3 is 10.8 Å². The van der Waals surface area contributed by atoms with Crippen LogP contribution in [0.4, 0.5) is 17.6 Å². The largest absolute Gasteiger partial charge is 0.417 e. The van der Waals surface area contributed by atoms with Crippen molar-refractivity contribution >= 4 is 12.0 Å². The van der Waals surface area contributed by atoms with Crippen molar-refractivity contribution in [1.29, 1.82) is 0 Å². The number of alkyl halides is 3. The Bertz CT molecular complexity index is 1460. The number of carbonyl (C=O) groups excluding carboxylic acids is 1. The van der Waals surface area contributed by atoms with E-state index < -0.39 is 34.2 Å². The fourth-order valence-corrected chi connectivity index (χ4v) is 6.74. The van der Waals surface area contributed by atoms with Crippen molar-refractivity contribution < 1.29 is 27.5 Å². The monoisotopic (exact) mass is 526 g/mol. The Kier molecular flexibility index (Phi) is 5.54. The van der Waals surface area contributed by atoms with E-state index >= 15 is 0 Å². The third-order valence-corrected chi connectivity index (χ3v) is 8.58. The minimum absolute atomic E-state index is 0.0118. The van der Waals surface area contributed by atoms with Crippen LogP contribution < -0.4 is 5.73 Å². The number of halogens is 4. The molecule has 2 aromatic heterocycles. The van der Waals surface area contributed by atoms with Crippen LogP contribution in [0.15, 0.2) is 48.3 Å². The van der Waals surface area contributed by atoms with Crippen LogP contribution >= 0.6 is 0 Å². The second kappa shape index (κ2) is 8.49. The van der Waals surface area contributed by atoms with Gasteiger partial charge in [-0.3, -0.25) is 9.78 Å². The van der Waals surface area contributed by atoms with Gasteiger partial charge in [-0.15, -0.1) is 0 Å². The molecule has 0 aliphatic heterocycles. The maximum Gasteiger partial charge on any atom is 0.417 e. The zero-order valence-electron chi connectivity index (χ0n) is 20.4. The number of rotatable bonds is 6. The van der Waals surface area contributed by atoms with Crippen LogP contribution in [0.1, 0.15) is 65.0 Å². The van der Waals surface area contributed by atoms with Gasteiger partial charge in [-0.2, -0.15) is 18.3 Å². The Balaban J connectivity index is 1.35. The number of nitrogens with zero attached hydrogens (tertiary/aromatic N) is 3. The summed E-state index contributed by atoms with van der Waals surface area (Å²) in [7, 11) is 0. The number of primary amides is 1. The molecule has 0 spiro atoms. The minimum atomic E-state index is -4.75. The van der Waals surface area contributed by atoms with Gasteiger partial charge >= 0.3 is 6.18 Å². The molecule has 2 fully saturated rings. The molecule has 0 bridgehead atoms. The van der Waals surface area contributed by atoms with E-state index in [9.17, 15) is 27.5 Å². The number of aryl methyl sites for hydroxylation is 1. The van der Waals surface area contributed by atoms with Crippen molar-refractivity contribution in [3.05, 3.63) is 82.2 Å². The average Bonchev–Trinajstić information content (AvgIpc) is 3.59. The van der Waals surface area contributed by atoms with Crippen LogP contribution in [0.25, 0.3) is 11.8 Å². The fraction of sp³-hybridized carbons (Fsp3) is 0.393. The minimum Gasteiger partial charge on any atom is -0.389 e. The van der Waals surface area contributed by atoms with Crippen molar-refractivity contribution in [2.24, 2.45) is 17.1 Å². The lowest BCUT2D eigenvalue weighted by atomic mass is 9.61. The second-order valence-corrected chi connectivity index (χ2v) is 10.6. The molecule has 3 N–H and O–H groups in total. The molecule has 0 saturated heterocycles. The molecule has 1 amide bonds. The molecule has 2 heterocycles. The molecule has 0 unspecified atom stereocenters. The summed E-state index contributed by atoms with van der Waals surface area (Å²) in [5, 5.41) is 16.7. The SMILES string of the molecule is NC(=O)c1c(C(F)(F)F)ccnc1CC[C@]1(O)CCC2=Cc3c(cnn3-c3ccc(F)cc3)C[C@@]21C1CC1. The summed E-state index contributed by atoms with van der Waals surface area (Å²) >= 11 is 0.